The Labute approximate surface area is 174 Å². The minimum atomic E-state index is -0.520. The standard InChI is InChI=1S/C23H35N3O3/c1-17-11-21(27)25(12-17)15-20-16-26(22(28)29-23(3,4)5)18(2)13-24(20)14-19-9-7-6-8-10-19/h6-10,17-18,20H,11-16H2,1-5H3/t17?,18?,20-/m0/s1. The van der Waals surface area contributed by atoms with Gasteiger partial charge in [0.05, 0.1) is 0 Å². The molecule has 29 heavy (non-hydrogen) atoms. The number of carbonyl (C=O) groups excluding carboxylic acids is 2. The Bertz CT molecular complexity index is 716. The second kappa shape index (κ2) is 8.74. The van der Waals surface area contributed by atoms with E-state index >= 15 is 0 Å². The van der Waals surface area contributed by atoms with Crippen molar-refractivity contribution in [3.05, 3.63) is 35.9 Å². The largest absolute Gasteiger partial charge is 0.444 e. The molecule has 160 valence electrons. The molecule has 0 saturated carbocycles. The SMILES string of the molecule is CC1CC(=O)N(C[C@H]2CN(C(=O)OC(C)(C)C)C(C)CN2Cc2ccccc2)C1. The van der Waals surface area contributed by atoms with E-state index in [1.807, 2.05) is 36.6 Å². The number of rotatable bonds is 4. The van der Waals surface area contributed by atoms with Gasteiger partial charge in [-0.25, -0.2) is 4.79 Å². The van der Waals surface area contributed by atoms with E-state index in [-0.39, 0.29) is 24.1 Å². The van der Waals surface area contributed by atoms with E-state index in [1.54, 1.807) is 0 Å². The number of benzene rings is 1. The maximum absolute atomic E-state index is 12.8. The number of nitrogens with zero attached hydrogens (tertiary/aromatic N) is 3. The summed E-state index contributed by atoms with van der Waals surface area (Å²) in [7, 11) is 0. The quantitative estimate of drug-likeness (QED) is 0.776. The number of carbonyl (C=O) groups is 2. The topological polar surface area (TPSA) is 53.1 Å². The number of hydrogen-bond donors (Lipinski definition) is 0. The minimum Gasteiger partial charge on any atom is -0.444 e. The summed E-state index contributed by atoms with van der Waals surface area (Å²) in [6, 6.07) is 10.5. The number of amides is 2. The van der Waals surface area contributed by atoms with Crippen LogP contribution in [-0.2, 0) is 16.1 Å². The van der Waals surface area contributed by atoms with E-state index in [1.165, 1.54) is 5.56 Å². The molecule has 0 aliphatic carbocycles. The molecule has 2 aliphatic rings. The van der Waals surface area contributed by atoms with Crippen LogP contribution in [0.3, 0.4) is 0 Å². The maximum atomic E-state index is 12.8. The van der Waals surface area contributed by atoms with Gasteiger partial charge < -0.3 is 14.5 Å². The average Bonchev–Trinajstić information content (AvgIpc) is 2.93. The lowest BCUT2D eigenvalue weighted by atomic mass is 10.1. The van der Waals surface area contributed by atoms with Gasteiger partial charge in [-0.3, -0.25) is 9.69 Å². The highest BCUT2D eigenvalue weighted by Gasteiger charge is 2.38. The fraction of sp³-hybridized carbons (Fsp3) is 0.652. The predicted octanol–water partition coefficient (Wildman–Crippen LogP) is 3.36. The van der Waals surface area contributed by atoms with Crippen LogP contribution in [0, 0.1) is 5.92 Å². The summed E-state index contributed by atoms with van der Waals surface area (Å²) < 4.78 is 5.65. The number of piperazine rings is 1. The molecule has 2 amide bonds. The van der Waals surface area contributed by atoms with Gasteiger partial charge in [-0.05, 0) is 39.2 Å². The Morgan fingerprint density at radius 3 is 2.38 bits per heavy atom. The summed E-state index contributed by atoms with van der Waals surface area (Å²) in [4.78, 5) is 31.4. The Kier molecular flexibility index (Phi) is 6.52. The lowest BCUT2D eigenvalue weighted by molar-refractivity contribution is -0.128. The maximum Gasteiger partial charge on any atom is 0.410 e. The highest BCUT2D eigenvalue weighted by Crippen LogP contribution is 2.24. The first kappa shape index (κ1) is 21.6. The number of hydrogen-bond acceptors (Lipinski definition) is 4. The fourth-order valence-electron chi connectivity index (χ4n) is 4.27. The first-order chi connectivity index (χ1) is 13.6. The normalized spacial score (nSPS) is 26.1. The monoisotopic (exact) mass is 401 g/mol. The third-order valence-electron chi connectivity index (χ3n) is 5.65. The van der Waals surface area contributed by atoms with Crippen LogP contribution in [0.2, 0.25) is 0 Å². The molecule has 2 aliphatic heterocycles. The van der Waals surface area contributed by atoms with Crippen molar-refractivity contribution in [2.75, 3.05) is 26.2 Å². The van der Waals surface area contributed by atoms with Crippen molar-refractivity contribution < 1.29 is 14.3 Å². The molecule has 0 spiro atoms. The van der Waals surface area contributed by atoms with Crippen LogP contribution in [0.4, 0.5) is 4.79 Å². The molecule has 2 saturated heterocycles. The molecular formula is C23H35N3O3. The van der Waals surface area contributed by atoms with Crippen molar-refractivity contribution in [2.24, 2.45) is 5.92 Å². The zero-order valence-corrected chi connectivity index (χ0v) is 18.4. The molecule has 0 aromatic heterocycles. The second-order valence-electron chi connectivity index (χ2n) is 9.66. The third kappa shape index (κ3) is 5.72. The van der Waals surface area contributed by atoms with Crippen LogP contribution in [-0.4, -0.2) is 70.6 Å². The van der Waals surface area contributed by atoms with Crippen molar-refractivity contribution in [1.82, 2.24) is 14.7 Å². The van der Waals surface area contributed by atoms with Crippen molar-refractivity contribution in [3.63, 3.8) is 0 Å². The summed E-state index contributed by atoms with van der Waals surface area (Å²) in [6.45, 7) is 13.5. The van der Waals surface area contributed by atoms with Gasteiger partial charge in [-0.15, -0.1) is 0 Å². The van der Waals surface area contributed by atoms with Gasteiger partial charge in [0.25, 0.3) is 0 Å². The molecule has 0 N–H and O–H groups in total. The van der Waals surface area contributed by atoms with Gasteiger partial charge in [0.2, 0.25) is 5.91 Å². The zero-order chi connectivity index (χ0) is 21.2. The van der Waals surface area contributed by atoms with E-state index in [9.17, 15) is 9.59 Å². The van der Waals surface area contributed by atoms with Crippen molar-refractivity contribution in [2.45, 2.75) is 65.3 Å². The first-order valence-corrected chi connectivity index (χ1v) is 10.7. The molecule has 3 atom stereocenters. The number of ether oxygens (including phenoxy) is 1. The second-order valence-corrected chi connectivity index (χ2v) is 9.66. The first-order valence-electron chi connectivity index (χ1n) is 10.7. The van der Waals surface area contributed by atoms with Gasteiger partial charge in [-0.2, -0.15) is 0 Å². The van der Waals surface area contributed by atoms with Crippen molar-refractivity contribution >= 4 is 12.0 Å². The molecule has 1 aromatic carbocycles. The van der Waals surface area contributed by atoms with E-state index in [0.29, 0.717) is 25.4 Å². The lowest BCUT2D eigenvalue weighted by Gasteiger charge is -2.46. The Balaban J connectivity index is 1.76. The molecule has 6 nitrogen and oxygen atoms in total. The Morgan fingerprint density at radius 2 is 1.79 bits per heavy atom. The summed E-state index contributed by atoms with van der Waals surface area (Å²) in [6.07, 6.45) is 0.355. The van der Waals surface area contributed by atoms with Gasteiger partial charge in [0.15, 0.2) is 0 Å². The predicted molar refractivity (Wildman–Crippen MR) is 113 cm³/mol. The van der Waals surface area contributed by atoms with Crippen molar-refractivity contribution in [3.8, 4) is 0 Å². The van der Waals surface area contributed by atoms with Crippen molar-refractivity contribution in [1.29, 1.82) is 0 Å². The Hall–Kier alpha value is -2.08. The van der Waals surface area contributed by atoms with Gasteiger partial charge in [-0.1, -0.05) is 37.3 Å². The van der Waals surface area contributed by atoms with Crippen LogP contribution in [0.15, 0.2) is 30.3 Å². The van der Waals surface area contributed by atoms with E-state index in [4.69, 9.17) is 4.74 Å². The van der Waals surface area contributed by atoms with Gasteiger partial charge in [0.1, 0.15) is 5.60 Å². The molecule has 1 aromatic rings. The van der Waals surface area contributed by atoms with Crippen LogP contribution >= 0.6 is 0 Å². The molecule has 2 heterocycles. The summed E-state index contributed by atoms with van der Waals surface area (Å²) in [5.74, 6) is 0.620. The zero-order valence-electron chi connectivity index (χ0n) is 18.4. The summed E-state index contributed by atoms with van der Waals surface area (Å²) >= 11 is 0. The summed E-state index contributed by atoms with van der Waals surface area (Å²) in [5.41, 5.74) is 0.727. The molecule has 0 bridgehead atoms. The Morgan fingerprint density at radius 1 is 1.10 bits per heavy atom. The number of likely N-dealkylation sites (tertiary alicyclic amines) is 1. The molecule has 2 unspecified atom stereocenters. The molecule has 2 fully saturated rings. The fourth-order valence-corrected chi connectivity index (χ4v) is 4.27. The highest BCUT2D eigenvalue weighted by molar-refractivity contribution is 5.78. The van der Waals surface area contributed by atoms with E-state index < -0.39 is 5.60 Å². The van der Waals surface area contributed by atoms with E-state index in [2.05, 4.69) is 43.0 Å². The van der Waals surface area contributed by atoms with Gasteiger partial charge in [0, 0.05) is 51.2 Å². The smallest absolute Gasteiger partial charge is 0.410 e. The van der Waals surface area contributed by atoms with Crippen LogP contribution in [0.1, 0.15) is 46.6 Å². The summed E-state index contributed by atoms with van der Waals surface area (Å²) in [5, 5.41) is 0. The lowest BCUT2D eigenvalue weighted by Crippen LogP contribution is -2.61. The van der Waals surface area contributed by atoms with Gasteiger partial charge >= 0.3 is 6.09 Å². The average molecular weight is 402 g/mol. The highest BCUT2D eigenvalue weighted by atomic mass is 16.6. The third-order valence-corrected chi connectivity index (χ3v) is 5.65. The van der Waals surface area contributed by atoms with Crippen LogP contribution in [0.25, 0.3) is 0 Å². The van der Waals surface area contributed by atoms with Crippen LogP contribution in [0.5, 0.6) is 0 Å². The van der Waals surface area contributed by atoms with Crippen LogP contribution < -0.4 is 0 Å². The molecule has 3 rings (SSSR count). The molecular weight excluding hydrogens is 366 g/mol. The minimum absolute atomic E-state index is 0.0537. The van der Waals surface area contributed by atoms with E-state index in [0.717, 1.165) is 19.6 Å². The molecule has 6 heteroatoms. The molecule has 0 radical (unpaired) electrons.